The summed E-state index contributed by atoms with van der Waals surface area (Å²) in [5, 5.41) is 8.94. The van der Waals surface area contributed by atoms with Gasteiger partial charge < -0.3 is 14.8 Å². The van der Waals surface area contributed by atoms with E-state index in [4.69, 9.17) is 32.7 Å². The topological polar surface area (TPSA) is 97.3 Å². The van der Waals surface area contributed by atoms with Crippen molar-refractivity contribution in [3.8, 4) is 5.75 Å². The van der Waals surface area contributed by atoms with E-state index in [0.29, 0.717) is 32.4 Å². The maximum Gasteiger partial charge on any atom is 0.308 e. The van der Waals surface area contributed by atoms with Gasteiger partial charge in [-0.05, 0) is 42.5 Å². The monoisotopic (exact) mass is 511 g/mol. The number of esters is 1. The molecule has 0 radical (unpaired) electrons. The number of nitrogens with one attached hydrogen (secondary N) is 1. The van der Waals surface area contributed by atoms with Crippen molar-refractivity contribution in [3.63, 3.8) is 0 Å². The molecule has 3 aromatic rings. The lowest BCUT2D eigenvalue weighted by Crippen LogP contribution is -2.25. The molecule has 1 aliphatic rings. The Hall–Kier alpha value is -3.88. The van der Waals surface area contributed by atoms with Gasteiger partial charge in [0, 0.05) is 30.1 Å². The minimum atomic E-state index is -0.927. The second-order valence-corrected chi connectivity index (χ2v) is 8.38. The quantitative estimate of drug-likeness (QED) is 0.364. The first-order valence-electron chi connectivity index (χ1n) is 10.4. The SMILES string of the molecule is CC(=O)Oc1ccc(Cl)cc1C1=NN(C(C)=O)[C@@H](c2cccc(NC(=O)c3ccccc3Cl)c2)O1. The third-order valence-corrected chi connectivity index (χ3v) is 5.51. The van der Waals surface area contributed by atoms with Crippen LogP contribution in [0.2, 0.25) is 10.0 Å². The minimum absolute atomic E-state index is 0.0504. The molecule has 10 heteroatoms. The molecule has 1 heterocycles. The number of hydrogen-bond donors (Lipinski definition) is 1. The largest absolute Gasteiger partial charge is 0.446 e. The van der Waals surface area contributed by atoms with Gasteiger partial charge in [-0.2, -0.15) is 5.01 Å². The summed E-state index contributed by atoms with van der Waals surface area (Å²) in [7, 11) is 0. The van der Waals surface area contributed by atoms with E-state index >= 15 is 0 Å². The van der Waals surface area contributed by atoms with Crippen LogP contribution < -0.4 is 10.1 Å². The lowest BCUT2D eigenvalue weighted by molar-refractivity contribution is -0.135. The molecular formula is C25H19Cl2N3O5. The zero-order valence-electron chi connectivity index (χ0n) is 18.6. The number of anilines is 1. The summed E-state index contributed by atoms with van der Waals surface area (Å²) in [6.07, 6.45) is -0.927. The van der Waals surface area contributed by atoms with Gasteiger partial charge in [-0.3, -0.25) is 14.4 Å². The Morgan fingerprint density at radius 1 is 1.00 bits per heavy atom. The number of benzene rings is 3. The zero-order chi connectivity index (χ0) is 25.1. The molecule has 1 aliphatic heterocycles. The lowest BCUT2D eigenvalue weighted by atomic mass is 10.1. The van der Waals surface area contributed by atoms with Gasteiger partial charge in [-0.15, -0.1) is 5.10 Å². The standard InChI is InChI=1S/C25H19Cl2N3O5/c1-14(31)30-25(35-24(29-30)20-13-17(26)10-11-22(20)34-15(2)32)16-6-5-7-18(12-16)28-23(33)19-8-3-4-9-21(19)27/h3-13,25H,1-2H3,(H,28,33)/t25-/m1/s1. The van der Waals surface area contributed by atoms with E-state index in [1.54, 1.807) is 54.6 Å². The Labute approximate surface area is 211 Å². The first-order chi connectivity index (χ1) is 16.7. The minimum Gasteiger partial charge on any atom is -0.446 e. The highest BCUT2D eigenvalue weighted by molar-refractivity contribution is 6.34. The molecule has 3 aromatic carbocycles. The smallest absolute Gasteiger partial charge is 0.308 e. The second-order valence-electron chi connectivity index (χ2n) is 7.53. The van der Waals surface area contributed by atoms with Crippen LogP contribution in [0.25, 0.3) is 0 Å². The van der Waals surface area contributed by atoms with Crippen molar-refractivity contribution in [1.29, 1.82) is 0 Å². The van der Waals surface area contributed by atoms with Crippen molar-refractivity contribution in [2.75, 3.05) is 5.32 Å². The number of halogens is 2. The van der Waals surface area contributed by atoms with Crippen LogP contribution in [0, 0.1) is 0 Å². The number of carbonyl (C=O) groups is 3. The summed E-state index contributed by atoms with van der Waals surface area (Å²) < 4.78 is 11.3. The van der Waals surface area contributed by atoms with Crippen LogP contribution in [0.1, 0.15) is 41.6 Å². The third kappa shape index (κ3) is 5.45. The summed E-state index contributed by atoms with van der Waals surface area (Å²) >= 11 is 12.3. The Balaban J connectivity index is 1.63. The normalized spacial score (nSPS) is 14.7. The number of ether oxygens (including phenoxy) is 2. The average Bonchev–Trinajstić information content (AvgIpc) is 3.26. The lowest BCUT2D eigenvalue weighted by Gasteiger charge is -2.20. The molecule has 178 valence electrons. The Kier molecular flexibility index (Phi) is 7.04. The number of rotatable bonds is 5. The zero-order valence-corrected chi connectivity index (χ0v) is 20.1. The molecule has 0 unspecified atom stereocenters. The predicted octanol–water partition coefficient (Wildman–Crippen LogP) is 5.41. The number of hydrazone groups is 1. The summed E-state index contributed by atoms with van der Waals surface area (Å²) in [5.41, 5.74) is 1.65. The van der Waals surface area contributed by atoms with Crippen molar-refractivity contribution in [3.05, 3.63) is 93.5 Å². The van der Waals surface area contributed by atoms with Crippen molar-refractivity contribution >= 4 is 52.6 Å². The van der Waals surface area contributed by atoms with Crippen LogP contribution in [0.15, 0.2) is 71.8 Å². The molecule has 2 amide bonds. The Morgan fingerprint density at radius 3 is 2.49 bits per heavy atom. The van der Waals surface area contributed by atoms with Crippen molar-refractivity contribution in [1.82, 2.24) is 5.01 Å². The molecule has 0 saturated heterocycles. The third-order valence-electron chi connectivity index (χ3n) is 4.94. The van der Waals surface area contributed by atoms with Gasteiger partial charge in [-0.1, -0.05) is 47.5 Å². The van der Waals surface area contributed by atoms with E-state index in [2.05, 4.69) is 10.4 Å². The van der Waals surface area contributed by atoms with Crippen molar-refractivity contribution in [2.45, 2.75) is 20.1 Å². The van der Waals surface area contributed by atoms with Gasteiger partial charge in [0.05, 0.1) is 16.1 Å². The van der Waals surface area contributed by atoms with E-state index in [9.17, 15) is 14.4 Å². The predicted molar refractivity (Wildman–Crippen MR) is 131 cm³/mol. The van der Waals surface area contributed by atoms with Gasteiger partial charge in [-0.25, -0.2) is 0 Å². The Morgan fingerprint density at radius 2 is 1.77 bits per heavy atom. The van der Waals surface area contributed by atoms with Gasteiger partial charge in [0.15, 0.2) is 0 Å². The summed E-state index contributed by atoms with van der Waals surface area (Å²) in [6.45, 7) is 2.61. The van der Waals surface area contributed by atoms with E-state index < -0.39 is 12.2 Å². The first kappa shape index (κ1) is 24.3. The van der Waals surface area contributed by atoms with E-state index in [0.717, 1.165) is 5.01 Å². The van der Waals surface area contributed by atoms with Gasteiger partial charge in [0.2, 0.25) is 18.0 Å². The molecule has 1 N–H and O–H groups in total. The van der Waals surface area contributed by atoms with Gasteiger partial charge in [0.25, 0.3) is 5.91 Å². The molecule has 35 heavy (non-hydrogen) atoms. The Bertz CT molecular complexity index is 1360. The molecule has 4 rings (SSSR count). The fourth-order valence-electron chi connectivity index (χ4n) is 3.42. The second kappa shape index (κ2) is 10.2. The maximum atomic E-state index is 12.7. The molecule has 1 atom stereocenters. The number of carbonyl (C=O) groups excluding carboxylic acids is 3. The van der Waals surface area contributed by atoms with Crippen LogP contribution in [-0.2, 0) is 14.3 Å². The highest BCUT2D eigenvalue weighted by atomic mass is 35.5. The van der Waals surface area contributed by atoms with Gasteiger partial charge in [0.1, 0.15) is 5.75 Å². The van der Waals surface area contributed by atoms with Crippen LogP contribution in [0.4, 0.5) is 5.69 Å². The summed E-state index contributed by atoms with van der Waals surface area (Å²) in [4.78, 5) is 36.6. The highest BCUT2D eigenvalue weighted by Crippen LogP contribution is 2.34. The van der Waals surface area contributed by atoms with Crippen molar-refractivity contribution in [2.24, 2.45) is 5.10 Å². The molecule has 0 aromatic heterocycles. The van der Waals surface area contributed by atoms with Gasteiger partial charge >= 0.3 is 5.97 Å². The molecule has 0 fully saturated rings. The first-order valence-corrected chi connectivity index (χ1v) is 11.2. The fourth-order valence-corrected chi connectivity index (χ4v) is 3.81. The van der Waals surface area contributed by atoms with E-state index in [1.807, 2.05) is 0 Å². The molecule has 0 bridgehead atoms. The maximum absolute atomic E-state index is 12.7. The van der Waals surface area contributed by atoms with Crippen molar-refractivity contribution < 1.29 is 23.9 Å². The van der Waals surface area contributed by atoms with Crippen LogP contribution in [0.5, 0.6) is 5.75 Å². The number of hydrogen-bond acceptors (Lipinski definition) is 6. The average molecular weight is 512 g/mol. The molecule has 0 spiro atoms. The van der Waals surface area contributed by atoms with Crippen LogP contribution in [-0.4, -0.2) is 28.7 Å². The summed E-state index contributed by atoms with van der Waals surface area (Å²) in [5.74, 6) is -1.06. The fraction of sp³-hybridized carbons (Fsp3) is 0.120. The molecule has 0 aliphatic carbocycles. The number of nitrogens with zero attached hydrogens (tertiary/aromatic N) is 2. The highest BCUT2D eigenvalue weighted by Gasteiger charge is 2.34. The van der Waals surface area contributed by atoms with E-state index in [1.165, 1.54) is 26.0 Å². The van der Waals surface area contributed by atoms with E-state index in [-0.39, 0.29) is 23.5 Å². The molecule has 0 saturated carbocycles. The van der Waals surface area contributed by atoms with Crippen LogP contribution >= 0.6 is 23.2 Å². The summed E-state index contributed by atoms with van der Waals surface area (Å²) in [6, 6.07) is 18.1. The molecular weight excluding hydrogens is 493 g/mol. The molecule has 8 nitrogen and oxygen atoms in total. The number of amides is 2. The van der Waals surface area contributed by atoms with Crippen LogP contribution in [0.3, 0.4) is 0 Å².